The molecule has 1 fully saturated rings. The summed E-state index contributed by atoms with van der Waals surface area (Å²) in [6.45, 7) is 19.3. The Morgan fingerprint density at radius 2 is 0.556 bits per heavy atom. The molecule has 1 rings (SSSR count). The van der Waals surface area contributed by atoms with Gasteiger partial charge >= 0.3 is 34.2 Å². The van der Waals surface area contributed by atoms with Crippen LogP contribution in [0.15, 0.2) is 0 Å². The fourth-order valence-electron chi connectivity index (χ4n) is 4.93. The maximum atomic E-state index is 7.38. The number of ether oxygens (including phenoxy) is 4. The molecule has 36 heavy (non-hydrogen) atoms. The van der Waals surface area contributed by atoms with Crippen molar-refractivity contribution in [1.29, 1.82) is 0 Å². The molecule has 0 radical (unpaired) electrons. The van der Waals surface area contributed by atoms with Gasteiger partial charge in [-0.2, -0.15) is 0 Å². The first kappa shape index (κ1) is 34.6. The molecule has 0 aromatic carbocycles. The molecule has 0 amide bonds. The van der Waals surface area contributed by atoms with Crippen molar-refractivity contribution in [3.63, 3.8) is 0 Å². The lowest BCUT2D eigenvalue weighted by molar-refractivity contribution is 0.0899. The molecule has 0 aromatic heterocycles. The van der Waals surface area contributed by atoms with Gasteiger partial charge in [0, 0.05) is 26.4 Å². The first-order chi connectivity index (χ1) is 17.3. The van der Waals surface area contributed by atoms with Gasteiger partial charge in [-0.3, -0.25) is 0 Å². The van der Waals surface area contributed by atoms with E-state index in [0.29, 0.717) is 51.3 Å². The summed E-state index contributed by atoms with van der Waals surface area (Å²) in [5, 5.41) is 0. The monoisotopic (exact) mass is 584 g/mol. The quantitative estimate of drug-likeness (QED) is 0.167. The molecular weight excluding hydrogens is 529 g/mol. The van der Waals surface area contributed by atoms with Gasteiger partial charge in [0.05, 0.1) is 24.9 Å². The topological polar surface area (TPSA) is 73.8 Å². The largest absolute Gasteiger partial charge is 0.413 e. The summed E-state index contributed by atoms with van der Waals surface area (Å²) in [5.41, 5.74) is 0. The summed E-state index contributed by atoms with van der Waals surface area (Å²) in [5.74, 6) is 0. The Kier molecular flexibility index (Phi) is 17.3. The van der Waals surface area contributed by atoms with E-state index >= 15 is 0 Å². The first-order valence-corrected chi connectivity index (χ1v) is 23.4. The van der Waals surface area contributed by atoms with Crippen LogP contribution in [-0.4, -0.2) is 85.6 Å². The van der Waals surface area contributed by atoms with Crippen LogP contribution in [0, 0.1) is 0 Å². The first-order valence-electron chi connectivity index (χ1n) is 14.4. The lowest BCUT2D eigenvalue weighted by Gasteiger charge is -2.53. The van der Waals surface area contributed by atoms with Crippen molar-refractivity contribution >= 4 is 34.2 Å². The third-order valence-electron chi connectivity index (χ3n) is 6.12. The van der Waals surface area contributed by atoms with E-state index < -0.39 is 34.2 Å². The van der Waals surface area contributed by atoms with Gasteiger partial charge in [0.25, 0.3) is 0 Å². The summed E-state index contributed by atoms with van der Waals surface area (Å²) in [4.78, 5) is 0. The van der Waals surface area contributed by atoms with E-state index in [1.54, 1.807) is 0 Å². The summed E-state index contributed by atoms with van der Waals surface area (Å²) < 4.78 is 53.9. The Balaban J connectivity index is 3.80. The van der Waals surface area contributed by atoms with Gasteiger partial charge < -0.3 is 35.4 Å². The standard InChI is InChI=1S/C24H56O8Si4/c1-9-17-33(21-25-13-5)29-34(18-10-2,22-26-14-6)31-36(20-12-4,24-28-16-8)32-35(30-33,19-11-3)23-27-15-7/h9-24H2,1-8H3. The van der Waals surface area contributed by atoms with Crippen LogP contribution in [0.2, 0.25) is 24.2 Å². The van der Waals surface area contributed by atoms with Gasteiger partial charge in [0.2, 0.25) is 0 Å². The molecule has 1 aliphatic rings. The minimum atomic E-state index is -2.88. The zero-order valence-corrected chi connectivity index (χ0v) is 28.6. The highest BCUT2D eigenvalue weighted by Gasteiger charge is 2.62. The molecule has 1 heterocycles. The van der Waals surface area contributed by atoms with E-state index in [1.165, 1.54) is 0 Å². The van der Waals surface area contributed by atoms with Crippen molar-refractivity contribution in [2.75, 3.05) is 51.3 Å². The van der Waals surface area contributed by atoms with E-state index in [-0.39, 0.29) is 0 Å². The van der Waals surface area contributed by atoms with Gasteiger partial charge in [-0.15, -0.1) is 0 Å². The second kappa shape index (κ2) is 18.0. The molecule has 0 unspecified atom stereocenters. The Hall–Kier alpha value is 0.548. The van der Waals surface area contributed by atoms with Crippen LogP contribution >= 0.6 is 0 Å². The lowest BCUT2D eigenvalue weighted by Crippen LogP contribution is -2.74. The molecule has 12 heteroatoms. The van der Waals surface area contributed by atoms with Crippen LogP contribution in [0.5, 0.6) is 0 Å². The SMILES string of the molecule is CCC[Si]1(COCC)O[Si](CCC)(COCC)O[Si](CCC)(COCC)O[Si](CCC)(COCC)O1. The summed E-state index contributed by atoms with van der Waals surface area (Å²) in [7, 11) is -11.5. The number of rotatable bonds is 20. The van der Waals surface area contributed by atoms with Crippen molar-refractivity contribution in [2.45, 2.75) is 105 Å². The molecule has 0 aromatic rings. The van der Waals surface area contributed by atoms with Gasteiger partial charge in [-0.05, 0) is 51.9 Å². The van der Waals surface area contributed by atoms with Crippen LogP contribution in [0.25, 0.3) is 0 Å². The van der Waals surface area contributed by atoms with E-state index in [2.05, 4.69) is 27.7 Å². The predicted octanol–water partition coefficient (Wildman–Crippen LogP) is 5.78. The molecule has 8 nitrogen and oxygen atoms in total. The molecular formula is C24H56O8Si4. The van der Waals surface area contributed by atoms with Crippen molar-refractivity contribution in [2.24, 2.45) is 0 Å². The van der Waals surface area contributed by atoms with Crippen LogP contribution in [0.3, 0.4) is 0 Å². The third-order valence-corrected chi connectivity index (χ3v) is 25.6. The number of hydrogen-bond donors (Lipinski definition) is 0. The van der Waals surface area contributed by atoms with E-state index in [1.807, 2.05) is 27.7 Å². The smallest absolute Gasteiger partial charge is 0.347 e. The van der Waals surface area contributed by atoms with Crippen LogP contribution in [0.1, 0.15) is 81.1 Å². The minimum Gasteiger partial charge on any atom is -0.413 e. The molecule has 0 N–H and O–H groups in total. The highest BCUT2D eigenvalue weighted by molar-refractivity contribution is 6.95. The molecule has 1 aliphatic heterocycles. The van der Waals surface area contributed by atoms with E-state index in [9.17, 15) is 0 Å². The van der Waals surface area contributed by atoms with Crippen LogP contribution in [-0.2, 0) is 35.4 Å². The molecule has 0 saturated carbocycles. The molecule has 0 bridgehead atoms. The van der Waals surface area contributed by atoms with Crippen molar-refractivity contribution < 1.29 is 35.4 Å². The van der Waals surface area contributed by atoms with Gasteiger partial charge in [-0.25, -0.2) is 0 Å². The normalized spacial score (nSPS) is 31.3. The maximum absolute atomic E-state index is 7.38. The number of hydrogen-bond acceptors (Lipinski definition) is 8. The summed E-state index contributed by atoms with van der Waals surface area (Å²) in [6.07, 6.45) is 5.72. The Morgan fingerprint density at radius 3 is 0.694 bits per heavy atom. The molecule has 0 atom stereocenters. The van der Waals surface area contributed by atoms with E-state index in [0.717, 1.165) is 49.9 Å². The lowest BCUT2D eigenvalue weighted by atomic mass is 10.6. The summed E-state index contributed by atoms with van der Waals surface area (Å²) >= 11 is 0. The molecule has 0 aliphatic carbocycles. The van der Waals surface area contributed by atoms with Crippen LogP contribution < -0.4 is 0 Å². The maximum Gasteiger partial charge on any atom is 0.347 e. The Bertz CT molecular complexity index is 468. The second-order valence-corrected chi connectivity index (χ2v) is 23.3. The second-order valence-electron chi connectivity index (χ2n) is 9.60. The Morgan fingerprint density at radius 1 is 0.361 bits per heavy atom. The average Bonchev–Trinajstić information content (AvgIpc) is 2.84. The highest BCUT2D eigenvalue weighted by atomic mass is 28.5. The third kappa shape index (κ3) is 10.6. The van der Waals surface area contributed by atoms with E-state index in [4.69, 9.17) is 35.4 Å². The van der Waals surface area contributed by atoms with Gasteiger partial charge in [0.15, 0.2) is 0 Å². The molecule has 216 valence electrons. The average molecular weight is 585 g/mol. The molecule has 1 saturated heterocycles. The summed E-state index contributed by atoms with van der Waals surface area (Å²) in [6, 6.07) is 3.34. The fourth-order valence-corrected chi connectivity index (χ4v) is 28.8. The highest BCUT2D eigenvalue weighted by Crippen LogP contribution is 2.39. The van der Waals surface area contributed by atoms with Gasteiger partial charge in [-0.1, -0.05) is 53.4 Å². The zero-order chi connectivity index (χ0) is 27.0. The predicted molar refractivity (Wildman–Crippen MR) is 154 cm³/mol. The van der Waals surface area contributed by atoms with Crippen molar-refractivity contribution in [3.8, 4) is 0 Å². The van der Waals surface area contributed by atoms with Gasteiger partial charge in [0.1, 0.15) is 0 Å². The zero-order valence-electron chi connectivity index (χ0n) is 24.6. The van der Waals surface area contributed by atoms with Crippen molar-refractivity contribution in [3.05, 3.63) is 0 Å². The van der Waals surface area contributed by atoms with Crippen LogP contribution in [0.4, 0.5) is 0 Å². The fraction of sp³-hybridized carbons (Fsp3) is 1.00. The molecule has 0 spiro atoms. The minimum absolute atomic E-state index is 0.479. The van der Waals surface area contributed by atoms with Crippen molar-refractivity contribution in [1.82, 2.24) is 0 Å². The Labute approximate surface area is 226 Å².